The van der Waals surface area contributed by atoms with E-state index < -0.39 is 16.3 Å². The Morgan fingerprint density at radius 2 is 2.25 bits per heavy atom. The Bertz CT molecular complexity index is 121. The summed E-state index contributed by atoms with van der Waals surface area (Å²) in [5.41, 5.74) is 0. The van der Waals surface area contributed by atoms with Gasteiger partial charge in [-0.2, -0.15) is 5.26 Å². The van der Waals surface area contributed by atoms with Crippen LogP contribution in [0.5, 0.6) is 0 Å². The van der Waals surface area contributed by atoms with Gasteiger partial charge in [-0.1, -0.05) is 0 Å². The van der Waals surface area contributed by atoms with Gasteiger partial charge in [0.05, 0.1) is 6.07 Å². The van der Waals surface area contributed by atoms with Crippen molar-refractivity contribution in [2.75, 3.05) is 0 Å². The fourth-order valence-electron chi connectivity index (χ4n) is 0.0430. The van der Waals surface area contributed by atoms with Crippen LogP contribution < -0.4 is 29.6 Å². The molecule has 0 fully saturated rings. The number of nitriles is 1. The Morgan fingerprint density at radius 3 is 2.25 bits per heavy atom. The summed E-state index contributed by atoms with van der Waals surface area (Å²) in [6, 6.07) is 1.55. The molecule has 8 heavy (non-hydrogen) atoms. The van der Waals surface area contributed by atoms with Gasteiger partial charge in [-0.05, 0) is 18.0 Å². The van der Waals surface area contributed by atoms with E-state index in [0.29, 0.717) is 0 Å². The quantitative estimate of drug-likeness (QED) is 0.285. The topological polar surface area (TPSA) is 63.9 Å². The van der Waals surface area contributed by atoms with Crippen LogP contribution >= 0.6 is 0 Å². The van der Waals surface area contributed by atoms with Crippen molar-refractivity contribution in [2.45, 2.75) is 12.2 Å². The van der Waals surface area contributed by atoms with Gasteiger partial charge in [0.1, 0.15) is 5.25 Å². The van der Waals surface area contributed by atoms with E-state index in [4.69, 9.17) is 5.26 Å². The van der Waals surface area contributed by atoms with Crippen molar-refractivity contribution in [3.63, 3.8) is 0 Å². The average Bonchev–Trinajstić information content (AvgIpc) is 1.65. The van der Waals surface area contributed by atoms with E-state index in [0.717, 1.165) is 0 Å². The van der Waals surface area contributed by atoms with Crippen LogP contribution in [-0.4, -0.2) is 14.0 Å². The molecule has 0 N–H and O–H groups in total. The number of hydrogen-bond acceptors (Lipinski definition) is 3. The molecule has 5 heteroatoms. The summed E-state index contributed by atoms with van der Waals surface area (Å²) in [6.07, 6.45) is 0. The zero-order valence-electron chi connectivity index (χ0n) is 4.75. The molecule has 2 atom stereocenters. The third-order valence-corrected chi connectivity index (χ3v) is 1.15. The molecule has 0 rings (SSSR count). The largest absolute Gasteiger partial charge is 1.00 e. The van der Waals surface area contributed by atoms with Gasteiger partial charge >= 0.3 is 29.6 Å². The van der Waals surface area contributed by atoms with Crippen LogP contribution in [0.4, 0.5) is 0 Å². The van der Waals surface area contributed by atoms with E-state index in [2.05, 4.69) is 0 Å². The van der Waals surface area contributed by atoms with Gasteiger partial charge in [0.15, 0.2) is 0 Å². The molecule has 0 aromatic rings. The van der Waals surface area contributed by atoms with Gasteiger partial charge in [-0.15, -0.1) is 0 Å². The Morgan fingerprint density at radius 1 is 1.88 bits per heavy atom. The third kappa shape index (κ3) is 4.75. The fraction of sp³-hybridized carbons (Fsp3) is 0.667. The minimum atomic E-state index is -2.22. The van der Waals surface area contributed by atoms with Gasteiger partial charge in [0.2, 0.25) is 0 Å². The number of hydrogen-bond donors (Lipinski definition) is 0. The van der Waals surface area contributed by atoms with E-state index in [-0.39, 0.29) is 29.6 Å². The van der Waals surface area contributed by atoms with Crippen molar-refractivity contribution >= 4 is 11.1 Å². The first-order valence-electron chi connectivity index (χ1n) is 1.66. The summed E-state index contributed by atoms with van der Waals surface area (Å²) in [7, 11) is 0. The first kappa shape index (κ1) is 11.4. The molecule has 0 aliphatic carbocycles. The van der Waals surface area contributed by atoms with Crippen molar-refractivity contribution in [3.05, 3.63) is 0 Å². The van der Waals surface area contributed by atoms with Crippen molar-refractivity contribution < 1.29 is 38.3 Å². The molecule has 0 saturated heterocycles. The van der Waals surface area contributed by atoms with Crippen LogP contribution in [0.3, 0.4) is 0 Å². The predicted octanol–water partition coefficient (Wildman–Crippen LogP) is -3.22. The first-order valence-corrected chi connectivity index (χ1v) is 2.80. The first-order chi connectivity index (χ1) is 3.18. The van der Waals surface area contributed by atoms with E-state index in [1.165, 1.54) is 6.92 Å². The smallest absolute Gasteiger partial charge is 0.771 e. The van der Waals surface area contributed by atoms with E-state index in [1.807, 2.05) is 0 Å². The molecular weight excluding hydrogens is 137 g/mol. The zero-order valence-corrected chi connectivity index (χ0v) is 7.57. The zero-order chi connectivity index (χ0) is 5.86. The van der Waals surface area contributed by atoms with Crippen LogP contribution in [-0.2, 0) is 11.1 Å². The summed E-state index contributed by atoms with van der Waals surface area (Å²) >= 11 is -2.22. The summed E-state index contributed by atoms with van der Waals surface area (Å²) < 4.78 is 19.4. The van der Waals surface area contributed by atoms with Crippen molar-refractivity contribution in [1.29, 1.82) is 5.26 Å². The molecule has 3 nitrogen and oxygen atoms in total. The van der Waals surface area contributed by atoms with Gasteiger partial charge in [0.25, 0.3) is 0 Å². The molecular formula is C3H4NNaO2S. The van der Waals surface area contributed by atoms with Crippen LogP contribution in [0.1, 0.15) is 6.92 Å². The van der Waals surface area contributed by atoms with Gasteiger partial charge in [-0.3, -0.25) is 4.21 Å². The summed E-state index contributed by atoms with van der Waals surface area (Å²) in [5.74, 6) is 0. The van der Waals surface area contributed by atoms with Crippen molar-refractivity contribution in [3.8, 4) is 6.07 Å². The molecule has 0 heterocycles. The van der Waals surface area contributed by atoms with Crippen molar-refractivity contribution in [1.82, 2.24) is 0 Å². The molecule has 0 bridgehead atoms. The summed E-state index contributed by atoms with van der Waals surface area (Å²) in [4.78, 5) is 0. The molecule has 2 unspecified atom stereocenters. The molecule has 0 aliphatic rings. The SMILES string of the molecule is CC(C#N)S(=O)[O-].[Na+]. The van der Waals surface area contributed by atoms with E-state index in [9.17, 15) is 8.76 Å². The van der Waals surface area contributed by atoms with E-state index in [1.54, 1.807) is 6.07 Å². The monoisotopic (exact) mass is 141 g/mol. The standard InChI is InChI=1S/C3H5NO2S.Na/c1-3(2-4)7(5)6;/h3H,1H3,(H,5,6);/q;+1/p-1. The maximum atomic E-state index is 9.71. The molecule has 0 amide bonds. The van der Waals surface area contributed by atoms with Crippen molar-refractivity contribution in [2.24, 2.45) is 0 Å². The van der Waals surface area contributed by atoms with Crippen LogP contribution in [0.25, 0.3) is 0 Å². The third-order valence-electron chi connectivity index (χ3n) is 0.470. The molecule has 0 aromatic carbocycles. The van der Waals surface area contributed by atoms with E-state index >= 15 is 0 Å². The molecule has 0 aliphatic heterocycles. The Kier molecular flexibility index (Phi) is 8.17. The second kappa shape index (κ2) is 5.73. The molecule has 40 valence electrons. The second-order valence-electron chi connectivity index (χ2n) is 1.03. The van der Waals surface area contributed by atoms with Gasteiger partial charge in [0, 0.05) is 0 Å². The number of nitrogens with zero attached hydrogens (tertiary/aromatic N) is 1. The molecule has 0 saturated carbocycles. The molecule has 0 aromatic heterocycles. The minimum absolute atomic E-state index is 0. The van der Waals surface area contributed by atoms with Crippen LogP contribution in [0, 0.1) is 11.3 Å². The number of rotatable bonds is 1. The van der Waals surface area contributed by atoms with Crippen LogP contribution in [0.2, 0.25) is 0 Å². The fourth-order valence-corrected chi connectivity index (χ4v) is 0.129. The minimum Gasteiger partial charge on any atom is -0.771 e. The maximum Gasteiger partial charge on any atom is 1.00 e. The average molecular weight is 141 g/mol. The Balaban J connectivity index is 0. The van der Waals surface area contributed by atoms with Crippen LogP contribution in [0.15, 0.2) is 0 Å². The van der Waals surface area contributed by atoms with Gasteiger partial charge in [-0.25, -0.2) is 0 Å². The van der Waals surface area contributed by atoms with Gasteiger partial charge < -0.3 is 4.55 Å². The Labute approximate surface area is 72.7 Å². The predicted molar refractivity (Wildman–Crippen MR) is 24.0 cm³/mol. The Hall–Kier alpha value is 0.600. The normalized spacial score (nSPS) is 15.1. The maximum absolute atomic E-state index is 9.71. The molecule has 0 spiro atoms. The summed E-state index contributed by atoms with van der Waals surface area (Å²) in [6.45, 7) is 1.32. The summed E-state index contributed by atoms with van der Waals surface area (Å²) in [5, 5.41) is 6.99. The molecule has 0 radical (unpaired) electrons. The second-order valence-corrected chi connectivity index (χ2v) is 2.26.